The lowest BCUT2D eigenvalue weighted by Crippen LogP contribution is -2.48. The Bertz CT molecular complexity index is 548. The predicted octanol–water partition coefficient (Wildman–Crippen LogP) is 3.28. The van der Waals surface area contributed by atoms with Gasteiger partial charge >= 0.3 is 0 Å². The first kappa shape index (κ1) is 17.1. The van der Waals surface area contributed by atoms with Crippen LogP contribution in [0.15, 0.2) is 60.7 Å². The van der Waals surface area contributed by atoms with Crippen LogP contribution >= 0.6 is 0 Å². The Balaban J connectivity index is 1.53. The van der Waals surface area contributed by atoms with E-state index in [2.05, 4.69) is 0 Å². The van der Waals surface area contributed by atoms with Gasteiger partial charge < -0.3 is 19.3 Å². The summed E-state index contributed by atoms with van der Waals surface area (Å²) < 4.78 is 17.4. The maximum Gasteiger partial charge on any atom is 0.181 e. The number of aliphatic hydroxyl groups excluding tert-OH is 1. The lowest BCUT2D eigenvalue weighted by molar-refractivity contribution is -0.262. The molecule has 3 rings (SSSR count). The van der Waals surface area contributed by atoms with Crippen LogP contribution in [0.1, 0.15) is 24.5 Å². The van der Waals surface area contributed by atoms with Crippen LogP contribution in [0.25, 0.3) is 0 Å². The van der Waals surface area contributed by atoms with E-state index >= 15 is 0 Å². The van der Waals surface area contributed by atoms with Crippen molar-refractivity contribution in [3.63, 3.8) is 0 Å². The van der Waals surface area contributed by atoms with Crippen LogP contribution in [0.4, 0.5) is 0 Å². The molecule has 1 N–H and O–H groups in total. The number of hydrogen-bond donors (Lipinski definition) is 1. The summed E-state index contributed by atoms with van der Waals surface area (Å²) in [6.07, 6.45) is -0.959. The number of ether oxygens (including phenoxy) is 3. The summed E-state index contributed by atoms with van der Waals surface area (Å²) in [5.74, 6) is 0. The van der Waals surface area contributed by atoms with Crippen molar-refractivity contribution in [3.05, 3.63) is 71.8 Å². The molecule has 0 bridgehead atoms. The monoisotopic (exact) mass is 328 g/mol. The van der Waals surface area contributed by atoms with Crippen molar-refractivity contribution in [2.75, 3.05) is 0 Å². The molecule has 4 atom stereocenters. The molecule has 0 amide bonds. The van der Waals surface area contributed by atoms with Crippen LogP contribution in [0, 0.1) is 0 Å². The van der Waals surface area contributed by atoms with Crippen LogP contribution in [-0.4, -0.2) is 29.7 Å². The van der Waals surface area contributed by atoms with E-state index in [9.17, 15) is 5.11 Å². The van der Waals surface area contributed by atoms with Crippen LogP contribution in [0.3, 0.4) is 0 Å². The average Bonchev–Trinajstić information content (AvgIpc) is 2.62. The third kappa shape index (κ3) is 4.65. The molecule has 0 radical (unpaired) electrons. The molecule has 2 aromatic rings. The second kappa shape index (κ2) is 8.40. The Morgan fingerprint density at radius 3 is 1.92 bits per heavy atom. The molecule has 1 unspecified atom stereocenters. The Morgan fingerprint density at radius 2 is 1.38 bits per heavy atom. The van der Waals surface area contributed by atoms with E-state index in [1.54, 1.807) is 0 Å². The molecule has 0 aromatic heterocycles. The van der Waals surface area contributed by atoms with Crippen molar-refractivity contribution in [2.24, 2.45) is 0 Å². The molecule has 128 valence electrons. The van der Waals surface area contributed by atoms with Gasteiger partial charge in [-0.3, -0.25) is 0 Å². The summed E-state index contributed by atoms with van der Waals surface area (Å²) in [5, 5.41) is 10.1. The third-order valence-electron chi connectivity index (χ3n) is 4.27. The van der Waals surface area contributed by atoms with Gasteiger partial charge in [-0.05, 0) is 18.1 Å². The van der Waals surface area contributed by atoms with Gasteiger partial charge in [0.05, 0.1) is 25.4 Å². The van der Waals surface area contributed by atoms with Crippen molar-refractivity contribution >= 4 is 0 Å². The lowest BCUT2D eigenvalue weighted by atomic mass is 10.0. The molecule has 1 fully saturated rings. The Labute approximate surface area is 143 Å². The normalized spacial score (nSPS) is 27.1. The van der Waals surface area contributed by atoms with E-state index in [-0.39, 0.29) is 18.3 Å². The lowest BCUT2D eigenvalue weighted by Gasteiger charge is -2.37. The van der Waals surface area contributed by atoms with Crippen LogP contribution < -0.4 is 0 Å². The Hall–Kier alpha value is -1.72. The molecule has 24 heavy (non-hydrogen) atoms. The standard InChI is InChI=1S/C20H24O4/c1-15-18(22-13-16-8-4-2-5-9-16)12-19(20(21)24-15)23-14-17-10-6-3-7-11-17/h2-11,15,18-21H,12-14H2,1H3/t15-,18-,19-,20?/m0/s1. The highest BCUT2D eigenvalue weighted by atomic mass is 16.7. The summed E-state index contributed by atoms with van der Waals surface area (Å²) in [5.41, 5.74) is 2.20. The molecule has 1 aliphatic rings. The van der Waals surface area contributed by atoms with Crippen molar-refractivity contribution < 1.29 is 19.3 Å². The van der Waals surface area contributed by atoms with Gasteiger partial charge in [0.25, 0.3) is 0 Å². The second-order valence-corrected chi connectivity index (χ2v) is 6.14. The minimum Gasteiger partial charge on any atom is -0.371 e. The molecule has 0 aliphatic carbocycles. The fraction of sp³-hybridized carbons (Fsp3) is 0.400. The van der Waals surface area contributed by atoms with Crippen LogP contribution in [0.2, 0.25) is 0 Å². The average molecular weight is 328 g/mol. The molecule has 4 heteroatoms. The van der Waals surface area contributed by atoms with Crippen molar-refractivity contribution in [3.8, 4) is 0 Å². The zero-order chi connectivity index (χ0) is 16.8. The van der Waals surface area contributed by atoms with Crippen molar-refractivity contribution in [1.82, 2.24) is 0 Å². The molecule has 1 heterocycles. The maximum absolute atomic E-state index is 10.1. The van der Waals surface area contributed by atoms with E-state index < -0.39 is 6.29 Å². The number of benzene rings is 2. The molecule has 4 nitrogen and oxygen atoms in total. The fourth-order valence-corrected chi connectivity index (χ4v) is 2.84. The van der Waals surface area contributed by atoms with E-state index in [0.29, 0.717) is 19.6 Å². The highest BCUT2D eigenvalue weighted by Crippen LogP contribution is 2.25. The third-order valence-corrected chi connectivity index (χ3v) is 4.27. The zero-order valence-corrected chi connectivity index (χ0v) is 13.9. The fourth-order valence-electron chi connectivity index (χ4n) is 2.84. The van der Waals surface area contributed by atoms with Gasteiger partial charge in [-0.25, -0.2) is 0 Å². The second-order valence-electron chi connectivity index (χ2n) is 6.14. The van der Waals surface area contributed by atoms with Gasteiger partial charge in [-0.15, -0.1) is 0 Å². The zero-order valence-electron chi connectivity index (χ0n) is 13.9. The molecule has 1 saturated heterocycles. The highest BCUT2D eigenvalue weighted by molar-refractivity contribution is 5.14. The predicted molar refractivity (Wildman–Crippen MR) is 91.2 cm³/mol. The van der Waals surface area contributed by atoms with Gasteiger partial charge in [0.2, 0.25) is 0 Å². The molecular weight excluding hydrogens is 304 g/mol. The van der Waals surface area contributed by atoms with Gasteiger partial charge in [0, 0.05) is 6.42 Å². The van der Waals surface area contributed by atoms with Crippen molar-refractivity contribution in [2.45, 2.75) is 51.2 Å². The molecule has 0 saturated carbocycles. The van der Waals surface area contributed by atoms with E-state index in [1.165, 1.54) is 0 Å². The summed E-state index contributed by atoms with van der Waals surface area (Å²) >= 11 is 0. The van der Waals surface area contributed by atoms with E-state index in [4.69, 9.17) is 14.2 Å². The number of aliphatic hydroxyl groups is 1. The van der Waals surface area contributed by atoms with E-state index in [1.807, 2.05) is 67.6 Å². The summed E-state index contributed by atoms with van der Waals surface area (Å²) in [4.78, 5) is 0. The topological polar surface area (TPSA) is 47.9 Å². The first-order chi connectivity index (χ1) is 11.7. The smallest absolute Gasteiger partial charge is 0.181 e. The number of hydrogen-bond acceptors (Lipinski definition) is 4. The Morgan fingerprint density at radius 1 is 0.875 bits per heavy atom. The SMILES string of the molecule is C[C@@H]1OC(O)[C@@H](OCc2ccccc2)C[C@@H]1OCc1ccccc1. The largest absolute Gasteiger partial charge is 0.371 e. The maximum atomic E-state index is 10.1. The highest BCUT2D eigenvalue weighted by Gasteiger charge is 2.36. The van der Waals surface area contributed by atoms with Crippen molar-refractivity contribution in [1.29, 1.82) is 0 Å². The Kier molecular flexibility index (Phi) is 5.99. The van der Waals surface area contributed by atoms with Gasteiger partial charge in [-0.2, -0.15) is 0 Å². The summed E-state index contributed by atoms with van der Waals surface area (Å²) in [7, 11) is 0. The summed E-state index contributed by atoms with van der Waals surface area (Å²) in [6.45, 7) is 2.90. The van der Waals surface area contributed by atoms with Gasteiger partial charge in [-0.1, -0.05) is 60.7 Å². The number of rotatable bonds is 6. The first-order valence-electron chi connectivity index (χ1n) is 8.37. The minimum atomic E-state index is -0.916. The first-order valence-corrected chi connectivity index (χ1v) is 8.37. The summed E-state index contributed by atoms with van der Waals surface area (Å²) in [6, 6.07) is 20.0. The van der Waals surface area contributed by atoms with Crippen LogP contribution in [-0.2, 0) is 27.4 Å². The van der Waals surface area contributed by atoms with Gasteiger partial charge in [0.1, 0.15) is 6.10 Å². The minimum absolute atomic E-state index is 0.102. The van der Waals surface area contributed by atoms with Crippen LogP contribution in [0.5, 0.6) is 0 Å². The molecule has 2 aromatic carbocycles. The quantitative estimate of drug-likeness (QED) is 0.884. The van der Waals surface area contributed by atoms with E-state index in [0.717, 1.165) is 11.1 Å². The van der Waals surface area contributed by atoms with Gasteiger partial charge in [0.15, 0.2) is 6.29 Å². The molecule has 0 spiro atoms. The molecular formula is C20H24O4. The molecule has 1 aliphatic heterocycles.